The summed E-state index contributed by atoms with van der Waals surface area (Å²) in [4.78, 5) is 12.9. The highest BCUT2D eigenvalue weighted by Gasteiger charge is 2.05. The van der Waals surface area contributed by atoms with Crippen LogP contribution in [0.3, 0.4) is 0 Å². The van der Waals surface area contributed by atoms with Crippen LogP contribution < -0.4 is 16.6 Å². The zero-order chi connectivity index (χ0) is 13.9. The number of rotatable bonds is 4. The van der Waals surface area contributed by atoms with Gasteiger partial charge in [0.2, 0.25) is 0 Å². The molecule has 0 radical (unpaired) electrons. The van der Waals surface area contributed by atoms with Crippen LogP contribution in [0.5, 0.6) is 0 Å². The largest absolute Gasteiger partial charge is 0.340 e. The van der Waals surface area contributed by atoms with Crippen LogP contribution in [0, 0.1) is 0 Å². The van der Waals surface area contributed by atoms with Crippen molar-refractivity contribution in [1.82, 2.24) is 15.0 Å². The molecule has 2 aromatic heterocycles. The number of thioether (sulfide) groups is 1. The van der Waals surface area contributed by atoms with Crippen LogP contribution in [-0.4, -0.2) is 21.2 Å². The molecule has 4 N–H and O–H groups in total. The first-order valence-corrected chi connectivity index (χ1v) is 7.89. The molecule has 0 bridgehead atoms. The van der Waals surface area contributed by atoms with Crippen LogP contribution in [0.25, 0.3) is 10.2 Å². The number of anilines is 3. The van der Waals surface area contributed by atoms with Crippen molar-refractivity contribution >= 4 is 50.6 Å². The maximum Gasteiger partial charge on any atom is 0.191 e. The summed E-state index contributed by atoms with van der Waals surface area (Å²) >= 11 is 3.07. The molecule has 6 nitrogen and oxygen atoms in total. The Morgan fingerprint density at radius 1 is 1.20 bits per heavy atom. The molecule has 20 heavy (non-hydrogen) atoms. The van der Waals surface area contributed by atoms with Gasteiger partial charge in [-0.05, 0) is 24.5 Å². The quantitative estimate of drug-likeness (QED) is 0.295. The Kier molecular flexibility index (Phi) is 3.68. The average Bonchev–Trinajstić information content (AvgIpc) is 2.94. The van der Waals surface area contributed by atoms with E-state index in [0.717, 1.165) is 15.9 Å². The summed E-state index contributed by atoms with van der Waals surface area (Å²) in [5.74, 6) is 6.68. The van der Waals surface area contributed by atoms with Crippen molar-refractivity contribution < 1.29 is 0 Å². The van der Waals surface area contributed by atoms with Gasteiger partial charge in [-0.25, -0.2) is 20.8 Å². The predicted octanol–water partition coefficient (Wildman–Crippen LogP) is 2.84. The molecule has 0 atom stereocenters. The Morgan fingerprint density at radius 3 is 2.85 bits per heavy atom. The first-order valence-electron chi connectivity index (χ1n) is 5.78. The fraction of sp³-hybridized carbons (Fsp3) is 0.0833. The fourth-order valence-corrected chi connectivity index (χ4v) is 2.83. The van der Waals surface area contributed by atoms with Crippen LogP contribution in [0.15, 0.2) is 34.9 Å². The summed E-state index contributed by atoms with van der Waals surface area (Å²) in [7, 11) is 0. The number of hydrazine groups is 1. The van der Waals surface area contributed by atoms with Gasteiger partial charge in [0.1, 0.15) is 11.6 Å². The molecule has 0 unspecified atom stereocenters. The summed E-state index contributed by atoms with van der Waals surface area (Å²) in [5.41, 5.74) is 6.33. The Balaban J connectivity index is 1.92. The standard InChI is InChI=1S/C12H12N6S2/c1-19-12-16-10(5-11(17-12)18-13)15-7-2-3-8-9(4-7)20-6-14-8/h2-6H,13H2,1H3,(H2,15,16,17,18). The van der Waals surface area contributed by atoms with Gasteiger partial charge in [0.15, 0.2) is 5.16 Å². The minimum atomic E-state index is 0.575. The molecule has 0 amide bonds. The third kappa shape index (κ3) is 2.67. The molecule has 0 saturated heterocycles. The van der Waals surface area contributed by atoms with Crippen molar-refractivity contribution in [2.75, 3.05) is 17.0 Å². The Bertz CT molecular complexity index is 719. The lowest BCUT2D eigenvalue weighted by molar-refractivity contribution is 0.971. The van der Waals surface area contributed by atoms with E-state index in [-0.39, 0.29) is 0 Å². The summed E-state index contributed by atoms with van der Waals surface area (Å²) in [6.07, 6.45) is 1.92. The molecule has 2 heterocycles. The number of nitrogens with zero attached hydrogens (tertiary/aromatic N) is 3. The van der Waals surface area contributed by atoms with E-state index in [1.807, 2.05) is 30.0 Å². The van der Waals surface area contributed by atoms with Gasteiger partial charge in [-0.3, -0.25) is 0 Å². The monoisotopic (exact) mass is 304 g/mol. The molecule has 0 aliphatic heterocycles. The van der Waals surface area contributed by atoms with Crippen LogP contribution in [-0.2, 0) is 0 Å². The number of aromatic nitrogens is 3. The molecule has 0 aliphatic carbocycles. The van der Waals surface area contributed by atoms with E-state index in [1.54, 1.807) is 17.4 Å². The van der Waals surface area contributed by atoms with Crippen LogP contribution >= 0.6 is 23.1 Å². The Labute approximate surface area is 123 Å². The van der Waals surface area contributed by atoms with Crippen LogP contribution in [0.4, 0.5) is 17.3 Å². The molecular weight excluding hydrogens is 292 g/mol. The summed E-state index contributed by atoms with van der Waals surface area (Å²) in [5, 5.41) is 3.91. The van der Waals surface area contributed by atoms with Crippen molar-refractivity contribution in [3.05, 3.63) is 29.8 Å². The lowest BCUT2D eigenvalue weighted by Gasteiger charge is -2.08. The zero-order valence-corrected chi connectivity index (χ0v) is 12.3. The molecule has 102 valence electrons. The number of benzene rings is 1. The number of thiazole rings is 1. The molecular formula is C12H12N6S2. The molecule has 0 fully saturated rings. The minimum absolute atomic E-state index is 0.575. The second kappa shape index (κ2) is 5.61. The third-order valence-electron chi connectivity index (χ3n) is 2.64. The summed E-state index contributed by atoms with van der Waals surface area (Å²) in [6, 6.07) is 7.76. The first kappa shape index (κ1) is 13.1. The number of nitrogen functional groups attached to an aromatic ring is 1. The SMILES string of the molecule is CSc1nc(NN)cc(Nc2ccc3ncsc3c2)n1. The Morgan fingerprint density at radius 2 is 2.05 bits per heavy atom. The highest BCUT2D eigenvalue weighted by atomic mass is 32.2. The maximum absolute atomic E-state index is 5.41. The van der Waals surface area contributed by atoms with Gasteiger partial charge in [0.05, 0.1) is 15.7 Å². The van der Waals surface area contributed by atoms with Crippen molar-refractivity contribution in [2.45, 2.75) is 5.16 Å². The average molecular weight is 304 g/mol. The van der Waals surface area contributed by atoms with Gasteiger partial charge in [-0.1, -0.05) is 11.8 Å². The first-order chi connectivity index (χ1) is 9.78. The topological polar surface area (TPSA) is 88.8 Å². The molecule has 3 rings (SSSR count). The molecule has 8 heteroatoms. The second-order valence-corrected chi connectivity index (χ2v) is 5.59. The van der Waals surface area contributed by atoms with E-state index >= 15 is 0 Å². The normalized spacial score (nSPS) is 10.7. The number of nitrogens with one attached hydrogen (secondary N) is 2. The second-order valence-electron chi connectivity index (χ2n) is 3.93. The van der Waals surface area contributed by atoms with Gasteiger partial charge in [-0.15, -0.1) is 11.3 Å². The van der Waals surface area contributed by atoms with Crippen LogP contribution in [0.2, 0.25) is 0 Å². The van der Waals surface area contributed by atoms with Gasteiger partial charge < -0.3 is 10.7 Å². The summed E-state index contributed by atoms with van der Waals surface area (Å²) in [6.45, 7) is 0. The van der Waals surface area contributed by atoms with E-state index in [4.69, 9.17) is 5.84 Å². The number of nitrogens with two attached hydrogens (primary N) is 1. The van der Waals surface area contributed by atoms with Crippen molar-refractivity contribution in [2.24, 2.45) is 5.84 Å². The lowest BCUT2D eigenvalue weighted by Crippen LogP contribution is -2.10. The van der Waals surface area contributed by atoms with Crippen LogP contribution in [0.1, 0.15) is 0 Å². The number of fused-ring (bicyclic) bond motifs is 1. The van der Waals surface area contributed by atoms with E-state index < -0.39 is 0 Å². The zero-order valence-electron chi connectivity index (χ0n) is 10.6. The van der Waals surface area contributed by atoms with E-state index in [1.165, 1.54) is 11.8 Å². The molecule has 0 saturated carbocycles. The molecule has 0 spiro atoms. The third-order valence-corrected chi connectivity index (χ3v) is 3.98. The van der Waals surface area contributed by atoms with Crippen molar-refractivity contribution in [3.8, 4) is 0 Å². The maximum atomic E-state index is 5.41. The molecule has 1 aromatic carbocycles. The highest BCUT2D eigenvalue weighted by molar-refractivity contribution is 7.98. The summed E-state index contributed by atoms with van der Waals surface area (Å²) < 4.78 is 1.13. The van der Waals surface area contributed by atoms with Crippen molar-refractivity contribution in [3.63, 3.8) is 0 Å². The van der Waals surface area contributed by atoms with Gasteiger partial charge in [0, 0.05) is 11.8 Å². The van der Waals surface area contributed by atoms with E-state index in [0.29, 0.717) is 16.8 Å². The lowest BCUT2D eigenvalue weighted by atomic mass is 10.3. The number of hydrogen-bond donors (Lipinski definition) is 3. The van der Waals surface area contributed by atoms with Gasteiger partial charge >= 0.3 is 0 Å². The van der Waals surface area contributed by atoms with Gasteiger partial charge in [0.25, 0.3) is 0 Å². The van der Waals surface area contributed by atoms with E-state index in [9.17, 15) is 0 Å². The highest BCUT2D eigenvalue weighted by Crippen LogP contribution is 2.25. The Hall–Kier alpha value is -1.90. The number of hydrogen-bond acceptors (Lipinski definition) is 8. The fourth-order valence-electron chi connectivity index (χ4n) is 1.74. The van der Waals surface area contributed by atoms with Crippen molar-refractivity contribution in [1.29, 1.82) is 0 Å². The van der Waals surface area contributed by atoms with Gasteiger partial charge in [-0.2, -0.15) is 0 Å². The molecule has 0 aliphatic rings. The molecule has 3 aromatic rings. The minimum Gasteiger partial charge on any atom is -0.340 e. The smallest absolute Gasteiger partial charge is 0.191 e. The van der Waals surface area contributed by atoms with E-state index in [2.05, 4.69) is 25.7 Å². The predicted molar refractivity (Wildman–Crippen MR) is 84.5 cm³/mol.